The largest absolute Gasteiger partial charge is 0.356 e. The van der Waals surface area contributed by atoms with Crippen molar-refractivity contribution in [1.82, 2.24) is 10.6 Å². The second kappa shape index (κ2) is 7.82. The second-order valence-corrected chi connectivity index (χ2v) is 6.12. The first-order valence-corrected chi connectivity index (χ1v) is 7.94. The zero-order valence-corrected chi connectivity index (χ0v) is 11.6. The Morgan fingerprint density at radius 3 is 2.59 bits per heavy atom. The molecule has 1 aliphatic carbocycles. The van der Waals surface area contributed by atoms with Crippen molar-refractivity contribution in [2.75, 3.05) is 18.8 Å². The van der Waals surface area contributed by atoms with Crippen molar-refractivity contribution in [2.45, 2.75) is 50.8 Å². The molecule has 0 aromatic carbocycles. The fourth-order valence-electron chi connectivity index (χ4n) is 2.39. The van der Waals surface area contributed by atoms with Crippen molar-refractivity contribution in [3.05, 3.63) is 0 Å². The Labute approximate surface area is 106 Å². The van der Waals surface area contributed by atoms with Gasteiger partial charge in [-0.1, -0.05) is 19.8 Å². The van der Waals surface area contributed by atoms with Crippen molar-refractivity contribution in [3.8, 4) is 0 Å². The summed E-state index contributed by atoms with van der Waals surface area (Å²) in [5.41, 5.74) is 0. The lowest BCUT2D eigenvalue weighted by atomic mass is 9.95. The highest BCUT2D eigenvalue weighted by Crippen LogP contribution is 2.23. The fourth-order valence-corrected chi connectivity index (χ4v) is 3.99. The van der Waals surface area contributed by atoms with Crippen LogP contribution in [0.4, 0.5) is 0 Å². The van der Waals surface area contributed by atoms with Crippen LogP contribution in [-0.2, 0) is 15.6 Å². The van der Waals surface area contributed by atoms with Gasteiger partial charge in [0.25, 0.3) is 0 Å². The van der Waals surface area contributed by atoms with Gasteiger partial charge >= 0.3 is 0 Å². The van der Waals surface area contributed by atoms with E-state index in [1.54, 1.807) is 0 Å². The smallest absolute Gasteiger partial charge is 0.232 e. The van der Waals surface area contributed by atoms with Crippen LogP contribution in [0.3, 0.4) is 0 Å². The molecule has 17 heavy (non-hydrogen) atoms. The minimum absolute atomic E-state index is 0.0911. The summed E-state index contributed by atoms with van der Waals surface area (Å²) in [6.07, 6.45) is 4.39. The summed E-state index contributed by atoms with van der Waals surface area (Å²) in [4.78, 5) is 11.4. The lowest BCUT2D eigenvalue weighted by Crippen LogP contribution is -2.46. The van der Waals surface area contributed by atoms with E-state index in [1.165, 1.54) is 6.42 Å². The Hall–Kier alpha value is -0.420. The molecular weight excluding hydrogens is 236 g/mol. The molecule has 1 aliphatic rings. The van der Waals surface area contributed by atoms with Crippen LogP contribution in [0.1, 0.15) is 39.5 Å². The standard InChI is InChI=1S/C12H24N2O2S/c1-3-13-10-7-5-6-8-11(10)17(16)9-12(15)14-4-2/h10-11,13H,3-9H2,1-2H3,(H,14,15). The Morgan fingerprint density at radius 2 is 1.94 bits per heavy atom. The van der Waals surface area contributed by atoms with E-state index in [0.717, 1.165) is 25.8 Å². The van der Waals surface area contributed by atoms with Gasteiger partial charge in [-0.05, 0) is 26.3 Å². The third-order valence-corrected chi connectivity index (χ3v) is 4.94. The summed E-state index contributed by atoms with van der Waals surface area (Å²) in [6.45, 7) is 5.46. The van der Waals surface area contributed by atoms with Gasteiger partial charge in [0, 0.05) is 23.4 Å². The quantitative estimate of drug-likeness (QED) is 0.742. The molecule has 1 amide bonds. The lowest BCUT2D eigenvalue weighted by molar-refractivity contribution is -0.118. The van der Waals surface area contributed by atoms with Crippen molar-refractivity contribution >= 4 is 16.7 Å². The molecule has 0 aromatic rings. The predicted molar refractivity (Wildman–Crippen MR) is 71.4 cm³/mol. The summed E-state index contributed by atoms with van der Waals surface area (Å²) in [5.74, 6) is 0.0621. The third-order valence-electron chi connectivity index (χ3n) is 3.15. The van der Waals surface area contributed by atoms with E-state index in [9.17, 15) is 9.00 Å². The Bertz CT molecular complexity index is 269. The maximum absolute atomic E-state index is 12.2. The molecule has 100 valence electrons. The normalized spacial score (nSPS) is 26.5. The SMILES string of the molecule is CCNC(=O)CS(=O)C1CCCCC1NCC. The van der Waals surface area contributed by atoms with Crippen LogP contribution in [-0.4, -0.2) is 40.3 Å². The van der Waals surface area contributed by atoms with Crippen LogP contribution in [0.2, 0.25) is 0 Å². The van der Waals surface area contributed by atoms with Crippen molar-refractivity contribution in [3.63, 3.8) is 0 Å². The van der Waals surface area contributed by atoms with Crippen LogP contribution < -0.4 is 10.6 Å². The van der Waals surface area contributed by atoms with E-state index in [2.05, 4.69) is 17.6 Å². The molecule has 4 nitrogen and oxygen atoms in total. The van der Waals surface area contributed by atoms with E-state index in [1.807, 2.05) is 6.92 Å². The van der Waals surface area contributed by atoms with Gasteiger partial charge in [0.1, 0.15) is 5.75 Å². The summed E-state index contributed by atoms with van der Waals surface area (Å²) >= 11 is 0. The molecule has 0 heterocycles. The van der Waals surface area contributed by atoms with Gasteiger partial charge < -0.3 is 10.6 Å². The van der Waals surface area contributed by atoms with Crippen LogP contribution >= 0.6 is 0 Å². The number of amides is 1. The zero-order valence-electron chi connectivity index (χ0n) is 10.8. The molecule has 2 N–H and O–H groups in total. The molecule has 0 saturated heterocycles. The monoisotopic (exact) mass is 260 g/mol. The number of nitrogens with one attached hydrogen (secondary N) is 2. The Balaban J connectivity index is 2.49. The highest BCUT2D eigenvalue weighted by atomic mass is 32.2. The van der Waals surface area contributed by atoms with Crippen LogP contribution in [0, 0.1) is 0 Å². The average Bonchev–Trinajstić information content (AvgIpc) is 2.30. The Morgan fingerprint density at radius 1 is 1.24 bits per heavy atom. The molecule has 0 bridgehead atoms. The maximum atomic E-state index is 12.2. The molecule has 1 saturated carbocycles. The first-order valence-electron chi connectivity index (χ1n) is 6.56. The summed E-state index contributed by atoms with van der Waals surface area (Å²) < 4.78 is 12.2. The van der Waals surface area contributed by atoms with Gasteiger partial charge in [0.15, 0.2) is 0 Å². The summed E-state index contributed by atoms with van der Waals surface area (Å²) in [7, 11) is -1.04. The molecular formula is C12H24N2O2S. The molecule has 0 spiro atoms. The van der Waals surface area contributed by atoms with Crippen LogP contribution in [0.15, 0.2) is 0 Å². The number of carbonyl (C=O) groups is 1. The molecule has 1 rings (SSSR count). The van der Waals surface area contributed by atoms with E-state index in [4.69, 9.17) is 0 Å². The van der Waals surface area contributed by atoms with E-state index < -0.39 is 10.8 Å². The van der Waals surface area contributed by atoms with Crippen LogP contribution in [0.5, 0.6) is 0 Å². The highest BCUT2D eigenvalue weighted by Gasteiger charge is 2.29. The number of carbonyl (C=O) groups excluding carboxylic acids is 1. The first-order chi connectivity index (χ1) is 8.19. The van der Waals surface area contributed by atoms with Crippen molar-refractivity contribution in [2.24, 2.45) is 0 Å². The summed E-state index contributed by atoms with van der Waals surface area (Å²) in [6, 6.07) is 0.323. The van der Waals surface area contributed by atoms with Gasteiger partial charge in [-0.25, -0.2) is 0 Å². The molecule has 1 fully saturated rings. The number of hydrogen-bond acceptors (Lipinski definition) is 3. The third kappa shape index (κ3) is 4.76. The zero-order chi connectivity index (χ0) is 12.7. The molecule has 0 aliphatic heterocycles. The van der Waals surface area contributed by atoms with Crippen molar-refractivity contribution < 1.29 is 9.00 Å². The molecule has 3 unspecified atom stereocenters. The second-order valence-electron chi connectivity index (χ2n) is 4.47. The minimum atomic E-state index is -1.04. The molecule has 3 atom stereocenters. The predicted octanol–water partition coefficient (Wildman–Crippen LogP) is 0.792. The maximum Gasteiger partial charge on any atom is 0.232 e. The average molecular weight is 260 g/mol. The van der Waals surface area contributed by atoms with Crippen LogP contribution in [0.25, 0.3) is 0 Å². The number of rotatable bonds is 6. The summed E-state index contributed by atoms with van der Waals surface area (Å²) in [5, 5.41) is 6.25. The molecule has 0 aromatic heterocycles. The van der Waals surface area contributed by atoms with Crippen molar-refractivity contribution in [1.29, 1.82) is 0 Å². The van der Waals surface area contributed by atoms with E-state index >= 15 is 0 Å². The number of hydrogen-bond donors (Lipinski definition) is 2. The van der Waals surface area contributed by atoms with Gasteiger partial charge in [0.05, 0.1) is 5.25 Å². The Kier molecular flexibility index (Phi) is 6.73. The molecule has 5 heteroatoms. The fraction of sp³-hybridized carbons (Fsp3) is 0.917. The van der Waals surface area contributed by atoms with Gasteiger partial charge in [-0.3, -0.25) is 9.00 Å². The van der Waals surface area contributed by atoms with Gasteiger partial charge in [0.2, 0.25) is 5.91 Å². The van der Waals surface area contributed by atoms with Gasteiger partial charge in [-0.2, -0.15) is 0 Å². The minimum Gasteiger partial charge on any atom is -0.356 e. The van der Waals surface area contributed by atoms with Gasteiger partial charge in [-0.15, -0.1) is 0 Å². The molecule has 0 radical (unpaired) electrons. The lowest BCUT2D eigenvalue weighted by Gasteiger charge is -2.31. The highest BCUT2D eigenvalue weighted by molar-refractivity contribution is 7.86. The topological polar surface area (TPSA) is 58.2 Å². The van der Waals surface area contributed by atoms with E-state index in [-0.39, 0.29) is 16.9 Å². The van der Waals surface area contributed by atoms with E-state index in [0.29, 0.717) is 12.6 Å². The first kappa shape index (κ1) is 14.6.